The van der Waals surface area contributed by atoms with Crippen LogP contribution in [-0.4, -0.2) is 15.7 Å². The predicted molar refractivity (Wildman–Crippen MR) is 86.7 cm³/mol. The Morgan fingerprint density at radius 3 is 2.57 bits per heavy atom. The van der Waals surface area contributed by atoms with Crippen LogP contribution in [0.5, 0.6) is 0 Å². The van der Waals surface area contributed by atoms with E-state index in [4.69, 9.17) is 4.42 Å². The molecule has 0 aliphatic rings. The average molecular weight is 308 g/mol. The number of nitrogens with one attached hydrogen (secondary N) is 2. The van der Waals surface area contributed by atoms with Crippen molar-refractivity contribution in [3.8, 4) is 0 Å². The molecule has 0 saturated carbocycles. The minimum absolute atomic E-state index is 0.0284. The average Bonchev–Trinajstić information content (AvgIpc) is 2.92. The van der Waals surface area contributed by atoms with Crippen molar-refractivity contribution in [1.29, 1.82) is 0 Å². The third-order valence-electron chi connectivity index (χ3n) is 3.12. The number of aromatic nitrogens is 2. The predicted octanol–water partition coefficient (Wildman–Crippen LogP) is 3.81. The summed E-state index contributed by atoms with van der Waals surface area (Å²) in [6.45, 7) is 13.2. The van der Waals surface area contributed by atoms with E-state index >= 15 is 0 Å². The van der Waals surface area contributed by atoms with E-state index in [-0.39, 0.29) is 11.6 Å². The zero-order valence-electron chi connectivity index (χ0n) is 13.6. The summed E-state index contributed by atoms with van der Waals surface area (Å²) >= 11 is 1.81. The Balaban J connectivity index is 1.97. The summed E-state index contributed by atoms with van der Waals surface area (Å²) in [5.74, 6) is 0.595. The molecule has 0 radical (unpaired) electrons. The third-order valence-corrected chi connectivity index (χ3v) is 4.10. The molecule has 21 heavy (non-hydrogen) atoms. The van der Waals surface area contributed by atoms with E-state index in [0.717, 1.165) is 0 Å². The Labute approximate surface area is 130 Å². The van der Waals surface area contributed by atoms with E-state index in [1.807, 2.05) is 11.3 Å². The van der Waals surface area contributed by atoms with Crippen LogP contribution in [-0.2, 0) is 6.54 Å². The Morgan fingerprint density at radius 2 is 2.00 bits per heavy atom. The lowest BCUT2D eigenvalue weighted by molar-refractivity contribution is 0.383. The molecule has 2 heterocycles. The van der Waals surface area contributed by atoms with Gasteiger partial charge < -0.3 is 15.1 Å². The number of nitrogens with zero attached hydrogens (tertiary/aromatic N) is 2. The molecule has 0 aliphatic carbocycles. The van der Waals surface area contributed by atoms with Crippen molar-refractivity contribution in [3.63, 3.8) is 0 Å². The zero-order valence-corrected chi connectivity index (χ0v) is 14.4. The van der Waals surface area contributed by atoms with Gasteiger partial charge in [0.05, 0.1) is 12.6 Å². The Hall–Kier alpha value is -1.40. The summed E-state index contributed by atoms with van der Waals surface area (Å²) in [4.78, 5) is 2.64. The topological polar surface area (TPSA) is 63.0 Å². The molecule has 2 aromatic rings. The Morgan fingerprint density at radius 1 is 1.29 bits per heavy atom. The second kappa shape index (κ2) is 6.15. The number of anilines is 1. The van der Waals surface area contributed by atoms with Gasteiger partial charge in [-0.05, 0) is 53.2 Å². The lowest BCUT2D eigenvalue weighted by Crippen LogP contribution is -2.35. The third kappa shape index (κ3) is 4.54. The van der Waals surface area contributed by atoms with Gasteiger partial charge in [-0.25, -0.2) is 0 Å². The number of thiophene rings is 1. The zero-order chi connectivity index (χ0) is 15.6. The summed E-state index contributed by atoms with van der Waals surface area (Å²) in [5, 5.41) is 14.7. The number of hydrogen-bond donors (Lipinski definition) is 2. The van der Waals surface area contributed by atoms with Crippen LogP contribution in [0, 0.1) is 13.8 Å². The summed E-state index contributed by atoms with van der Waals surface area (Å²) in [6, 6.07) is 2.83. The first-order chi connectivity index (χ1) is 9.74. The number of hydrogen-bond acceptors (Lipinski definition) is 6. The normalized spacial score (nSPS) is 13.4. The van der Waals surface area contributed by atoms with Gasteiger partial charge in [0, 0.05) is 15.3 Å². The highest BCUT2D eigenvalue weighted by Crippen LogP contribution is 2.28. The van der Waals surface area contributed by atoms with Gasteiger partial charge in [0.1, 0.15) is 0 Å². The number of rotatable bonds is 5. The largest absolute Gasteiger partial charge is 0.407 e. The van der Waals surface area contributed by atoms with Gasteiger partial charge in [0.15, 0.2) is 0 Å². The lowest BCUT2D eigenvalue weighted by atomic mass is 10.1. The molecule has 116 valence electrons. The standard InChI is InChI=1S/C15H24N4OS/c1-9-7-12(11(3)21-9)10(2)17-14-19-18-13(20-14)8-16-15(4,5)6/h7,10,16H,8H2,1-6H3,(H,17,19). The first-order valence-electron chi connectivity index (χ1n) is 7.15. The van der Waals surface area contributed by atoms with Gasteiger partial charge in [-0.3, -0.25) is 0 Å². The van der Waals surface area contributed by atoms with E-state index in [1.54, 1.807) is 0 Å². The quantitative estimate of drug-likeness (QED) is 0.879. The van der Waals surface area contributed by atoms with Crippen LogP contribution >= 0.6 is 11.3 Å². The van der Waals surface area contributed by atoms with Gasteiger partial charge in [0.2, 0.25) is 5.89 Å². The summed E-state index contributed by atoms with van der Waals surface area (Å²) < 4.78 is 5.63. The Bertz CT molecular complexity index is 597. The van der Waals surface area contributed by atoms with Crippen LogP contribution in [0.1, 0.15) is 54.9 Å². The van der Waals surface area contributed by atoms with Crippen LogP contribution in [0.25, 0.3) is 0 Å². The second-order valence-electron chi connectivity index (χ2n) is 6.34. The first kappa shape index (κ1) is 16.0. The monoisotopic (exact) mass is 308 g/mol. The molecule has 1 atom stereocenters. The van der Waals surface area contributed by atoms with E-state index in [0.29, 0.717) is 18.5 Å². The van der Waals surface area contributed by atoms with Crippen LogP contribution in [0.4, 0.5) is 6.01 Å². The summed E-state index contributed by atoms with van der Waals surface area (Å²) in [7, 11) is 0. The molecule has 0 amide bonds. The SMILES string of the molecule is Cc1cc(C(C)Nc2nnc(CNC(C)(C)C)o2)c(C)s1. The fourth-order valence-corrected chi connectivity index (χ4v) is 3.09. The minimum Gasteiger partial charge on any atom is -0.407 e. The van der Waals surface area contributed by atoms with Gasteiger partial charge >= 0.3 is 6.01 Å². The van der Waals surface area contributed by atoms with E-state index < -0.39 is 0 Å². The highest BCUT2D eigenvalue weighted by atomic mass is 32.1. The van der Waals surface area contributed by atoms with Crippen molar-refractivity contribution in [3.05, 3.63) is 27.3 Å². The molecule has 0 aromatic carbocycles. The molecule has 1 unspecified atom stereocenters. The molecule has 2 N–H and O–H groups in total. The maximum absolute atomic E-state index is 5.63. The molecule has 6 heteroatoms. The van der Waals surface area contributed by atoms with Gasteiger partial charge in [0.25, 0.3) is 0 Å². The second-order valence-corrected chi connectivity index (χ2v) is 7.80. The number of aryl methyl sites for hydroxylation is 2. The molecule has 0 saturated heterocycles. The first-order valence-corrected chi connectivity index (χ1v) is 7.97. The van der Waals surface area contributed by atoms with Crippen molar-refractivity contribution in [2.75, 3.05) is 5.32 Å². The van der Waals surface area contributed by atoms with E-state index in [2.05, 4.69) is 68.4 Å². The van der Waals surface area contributed by atoms with Crippen molar-refractivity contribution < 1.29 is 4.42 Å². The maximum atomic E-state index is 5.63. The summed E-state index contributed by atoms with van der Waals surface area (Å²) in [6.07, 6.45) is 0. The highest BCUT2D eigenvalue weighted by molar-refractivity contribution is 7.12. The van der Waals surface area contributed by atoms with E-state index in [9.17, 15) is 0 Å². The molecular formula is C15H24N4OS. The van der Waals surface area contributed by atoms with Crippen molar-refractivity contribution in [2.45, 2.75) is 59.7 Å². The van der Waals surface area contributed by atoms with Crippen LogP contribution < -0.4 is 10.6 Å². The molecular weight excluding hydrogens is 284 g/mol. The van der Waals surface area contributed by atoms with Gasteiger partial charge in [-0.2, -0.15) is 0 Å². The fourth-order valence-electron chi connectivity index (χ4n) is 2.07. The van der Waals surface area contributed by atoms with Crippen LogP contribution in [0.2, 0.25) is 0 Å². The summed E-state index contributed by atoms with van der Waals surface area (Å²) in [5.41, 5.74) is 1.31. The smallest absolute Gasteiger partial charge is 0.315 e. The maximum Gasteiger partial charge on any atom is 0.315 e. The molecule has 0 bridgehead atoms. The van der Waals surface area contributed by atoms with E-state index in [1.165, 1.54) is 15.3 Å². The molecule has 5 nitrogen and oxygen atoms in total. The van der Waals surface area contributed by atoms with Gasteiger partial charge in [-0.15, -0.1) is 16.4 Å². The highest BCUT2D eigenvalue weighted by Gasteiger charge is 2.15. The van der Waals surface area contributed by atoms with Gasteiger partial charge in [-0.1, -0.05) is 5.10 Å². The molecule has 0 aliphatic heterocycles. The molecule has 0 fully saturated rings. The lowest BCUT2D eigenvalue weighted by Gasteiger charge is -2.18. The minimum atomic E-state index is 0.0284. The van der Waals surface area contributed by atoms with Crippen molar-refractivity contribution >= 4 is 17.4 Å². The molecule has 0 spiro atoms. The van der Waals surface area contributed by atoms with Crippen LogP contribution in [0.15, 0.2) is 10.5 Å². The fraction of sp³-hybridized carbons (Fsp3) is 0.600. The van der Waals surface area contributed by atoms with Crippen LogP contribution in [0.3, 0.4) is 0 Å². The Kier molecular flexibility index (Phi) is 4.68. The van der Waals surface area contributed by atoms with Crippen molar-refractivity contribution in [2.24, 2.45) is 0 Å². The molecule has 2 aromatic heterocycles. The molecule has 2 rings (SSSR count). The van der Waals surface area contributed by atoms with Crippen molar-refractivity contribution in [1.82, 2.24) is 15.5 Å².